The average molecular weight is 447 g/mol. The van der Waals surface area contributed by atoms with Gasteiger partial charge < -0.3 is 26.8 Å². The van der Waals surface area contributed by atoms with Crippen molar-refractivity contribution in [2.75, 3.05) is 44.3 Å². The highest BCUT2D eigenvalue weighted by molar-refractivity contribution is 5.31. The molecule has 0 saturated carbocycles. The Balaban J connectivity index is 2.26. The molecule has 2 atom stereocenters. The first-order valence-corrected chi connectivity index (χ1v) is 11.1. The molecule has 0 aliphatic carbocycles. The summed E-state index contributed by atoms with van der Waals surface area (Å²) in [6.45, 7) is 7.83. The van der Waals surface area contributed by atoms with E-state index in [2.05, 4.69) is 33.6 Å². The second-order valence-electron chi connectivity index (χ2n) is 8.33. The number of nitrogens with two attached hydrogens (primary N) is 2. The molecule has 0 unspecified atom stereocenters. The van der Waals surface area contributed by atoms with Gasteiger partial charge in [0, 0.05) is 36.6 Å². The summed E-state index contributed by atoms with van der Waals surface area (Å²) in [5.41, 5.74) is 11.9. The van der Waals surface area contributed by atoms with Gasteiger partial charge in [0.05, 0.1) is 24.5 Å². The number of hydrogen-bond acceptors (Lipinski definition) is 9. The fourth-order valence-corrected chi connectivity index (χ4v) is 3.85. The molecule has 2 rings (SSSR count). The van der Waals surface area contributed by atoms with Crippen LogP contribution in [0.1, 0.15) is 56.9 Å². The summed E-state index contributed by atoms with van der Waals surface area (Å²) in [5, 5.41) is 32.3. The molecule has 0 bridgehead atoms. The summed E-state index contributed by atoms with van der Waals surface area (Å²) in [4.78, 5) is 12.3. The molecule has 7 N–H and O–H groups in total. The van der Waals surface area contributed by atoms with Gasteiger partial charge in [-0.15, -0.1) is 0 Å². The SMILES string of the molecule is CCCN(C[C@@H](O)c1ccc(N)nc1)C(C)(CO)N(CCC)C[C@@H](O)c1ccc(N)nc1. The maximum Gasteiger partial charge on any atom is 0.123 e. The molecule has 9 nitrogen and oxygen atoms in total. The lowest BCUT2D eigenvalue weighted by Crippen LogP contribution is -2.63. The standard InChI is InChI=1S/C23H38N6O3/c1-4-10-28(14-19(31)17-6-8-21(24)26-12-17)23(3,16-30)29(11-5-2)15-20(32)18-7-9-22(25)27-13-18/h6-9,12-13,19-20,30-32H,4-5,10-11,14-16H2,1-3H3,(H2,24,26)(H2,25,27)/t19-,20-/m1/s1. The Bertz CT molecular complexity index is 739. The molecule has 0 saturated heterocycles. The Kier molecular flexibility index (Phi) is 9.80. The molecule has 9 heteroatoms. The Morgan fingerprint density at radius 3 is 1.53 bits per heavy atom. The summed E-state index contributed by atoms with van der Waals surface area (Å²) >= 11 is 0. The second-order valence-corrected chi connectivity index (χ2v) is 8.33. The Labute approximate surface area is 190 Å². The highest BCUT2D eigenvalue weighted by Crippen LogP contribution is 2.27. The summed E-state index contributed by atoms with van der Waals surface area (Å²) in [7, 11) is 0. The van der Waals surface area contributed by atoms with Crippen LogP contribution in [0.3, 0.4) is 0 Å². The van der Waals surface area contributed by atoms with E-state index in [0.29, 0.717) is 48.9 Å². The number of nitrogen functional groups attached to an aromatic ring is 2. The van der Waals surface area contributed by atoms with Crippen molar-refractivity contribution in [3.05, 3.63) is 47.8 Å². The largest absolute Gasteiger partial charge is 0.393 e. The molecule has 0 spiro atoms. The van der Waals surface area contributed by atoms with E-state index in [9.17, 15) is 15.3 Å². The first kappa shape index (κ1) is 26.0. The van der Waals surface area contributed by atoms with Crippen LogP contribution >= 0.6 is 0 Å². The third-order valence-corrected chi connectivity index (χ3v) is 5.82. The number of nitrogens with zero attached hydrogens (tertiary/aromatic N) is 4. The molecule has 32 heavy (non-hydrogen) atoms. The van der Waals surface area contributed by atoms with E-state index in [-0.39, 0.29) is 6.61 Å². The van der Waals surface area contributed by atoms with Gasteiger partial charge in [0.2, 0.25) is 0 Å². The number of aliphatic hydroxyl groups is 3. The monoisotopic (exact) mass is 446 g/mol. The Hall–Kier alpha value is -2.30. The quantitative estimate of drug-likeness (QED) is 0.289. The van der Waals surface area contributed by atoms with Crippen molar-refractivity contribution in [3.63, 3.8) is 0 Å². The van der Waals surface area contributed by atoms with Crippen molar-refractivity contribution in [1.82, 2.24) is 19.8 Å². The highest BCUT2D eigenvalue weighted by atomic mass is 16.3. The molecule has 178 valence electrons. The summed E-state index contributed by atoms with van der Waals surface area (Å²) in [6.07, 6.45) is 3.23. The maximum absolute atomic E-state index is 10.9. The van der Waals surface area contributed by atoms with Crippen molar-refractivity contribution < 1.29 is 15.3 Å². The van der Waals surface area contributed by atoms with Gasteiger partial charge in [0.25, 0.3) is 0 Å². The third kappa shape index (κ3) is 6.60. The van der Waals surface area contributed by atoms with E-state index < -0.39 is 17.9 Å². The van der Waals surface area contributed by atoms with Crippen molar-refractivity contribution in [3.8, 4) is 0 Å². The van der Waals surface area contributed by atoms with Gasteiger partial charge in [-0.1, -0.05) is 26.0 Å². The van der Waals surface area contributed by atoms with Crippen LogP contribution in [-0.2, 0) is 0 Å². The van der Waals surface area contributed by atoms with Gasteiger partial charge >= 0.3 is 0 Å². The molecule has 2 aromatic rings. The first-order valence-electron chi connectivity index (χ1n) is 11.1. The first-order chi connectivity index (χ1) is 15.2. The lowest BCUT2D eigenvalue weighted by atomic mass is 10.0. The van der Waals surface area contributed by atoms with Gasteiger partial charge in [0.15, 0.2) is 0 Å². The van der Waals surface area contributed by atoms with E-state index >= 15 is 0 Å². The minimum absolute atomic E-state index is 0.160. The van der Waals surface area contributed by atoms with E-state index in [1.54, 1.807) is 36.7 Å². The fraction of sp³-hybridized carbons (Fsp3) is 0.565. The van der Waals surface area contributed by atoms with E-state index in [1.807, 2.05) is 6.92 Å². The molecule has 0 aliphatic rings. The van der Waals surface area contributed by atoms with Gasteiger partial charge in [-0.25, -0.2) is 9.97 Å². The molecule has 0 fully saturated rings. The molecular weight excluding hydrogens is 408 g/mol. The van der Waals surface area contributed by atoms with Gasteiger partial charge in [-0.3, -0.25) is 9.80 Å². The van der Waals surface area contributed by atoms with Crippen LogP contribution in [0.5, 0.6) is 0 Å². The van der Waals surface area contributed by atoms with Crippen LogP contribution in [-0.4, -0.2) is 73.5 Å². The number of aromatic nitrogens is 2. The summed E-state index contributed by atoms with van der Waals surface area (Å²) in [5.74, 6) is 0.790. The van der Waals surface area contributed by atoms with Gasteiger partial charge in [-0.2, -0.15) is 0 Å². The molecule has 2 aromatic heterocycles. The van der Waals surface area contributed by atoms with Crippen LogP contribution < -0.4 is 11.5 Å². The molecule has 0 amide bonds. The normalized spacial score (nSPS) is 14.1. The number of anilines is 2. The predicted molar refractivity (Wildman–Crippen MR) is 126 cm³/mol. The molecular formula is C23H38N6O3. The maximum atomic E-state index is 10.9. The second kappa shape index (κ2) is 12.1. The Morgan fingerprint density at radius 2 is 1.25 bits per heavy atom. The molecule has 0 aliphatic heterocycles. The molecule has 2 heterocycles. The number of aliphatic hydroxyl groups excluding tert-OH is 3. The van der Waals surface area contributed by atoms with Crippen LogP contribution in [0.4, 0.5) is 11.6 Å². The number of pyridine rings is 2. The number of hydrogen-bond donors (Lipinski definition) is 5. The number of rotatable bonds is 13. The van der Waals surface area contributed by atoms with E-state index in [1.165, 1.54) is 0 Å². The van der Waals surface area contributed by atoms with Gasteiger partial charge in [0.1, 0.15) is 11.6 Å². The van der Waals surface area contributed by atoms with Crippen LogP contribution in [0.2, 0.25) is 0 Å². The van der Waals surface area contributed by atoms with Crippen molar-refractivity contribution in [2.45, 2.75) is 51.5 Å². The van der Waals surface area contributed by atoms with Crippen LogP contribution in [0.15, 0.2) is 36.7 Å². The predicted octanol–water partition coefficient (Wildman–Crippen LogP) is 1.54. The zero-order valence-corrected chi connectivity index (χ0v) is 19.4. The fourth-order valence-electron chi connectivity index (χ4n) is 3.85. The minimum atomic E-state index is -0.796. The highest BCUT2D eigenvalue weighted by Gasteiger charge is 2.38. The zero-order valence-electron chi connectivity index (χ0n) is 19.4. The summed E-state index contributed by atoms with van der Waals surface area (Å²) in [6, 6.07) is 6.84. The zero-order chi connectivity index (χ0) is 23.7. The van der Waals surface area contributed by atoms with Gasteiger partial charge in [-0.05, 0) is 45.0 Å². The topological polar surface area (TPSA) is 145 Å². The van der Waals surface area contributed by atoms with Crippen molar-refractivity contribution >= 4 is 11.6 Å². The summed E-state index contributed by atoms with van der Waals surface area (Å²) < 4.78 is 0. The van der Waals surface area contributed by atoms with Crippen LogP contribution in [0.25, 0.3) is 0 Å². The molecule has 0 aromatic carbocycles. The molecule has 0 radical (unpaired) electrons. The van der Waals surface area contributed by atoms with E-state index in [4.69, 9.17) is 11.5 Å². The van der Waals surface area contributed by atoms with Crippen molar-refractivity contribution in [1.29, 1.82) is 0 Å². The lowest BCUT2D eigenvalue weighted by Gasteiger charge is -2.49. The third-order valence-electron chi connectivity index (χ3n) is 5.82. The smallest absolute Gasteiger partial charge is 0.123 e. The Morgan fingerprint density at radius 1 is 0.844 bits per heavy atom. The van der Waals surface area contributed by atoms with Crippen molar-refractivity contribution in [2.24, 2.45) is 0 Å². The minimum Gasteiger partial charge on any atom is -0.393 e. The van der Waals surface area contributed by atoms with E-state index in [0.717, 1.165) is 12.8 Å². The average Bonchev–Trinajstić information content (AvgIpc) is 2.78. The van der Waals surface area contributed by atoms with Crippen LogP contribution in [0, 0.1) is 0 Å². The lowest BCUT2D eigenvalue weighted by molar-refractivity contribution is -0.107.